The molecule has 1 N–H and O–H groups in total. The van der Waals surface area contributed by atoms with E-state index in [2.05, 4.69) is 48.0 Å². The van der Waals surface area contributed by atoms with Crippen LogP contribution in [0.15, 0.2) is 40.6 Å². The van der Waals surface area contributed by atoms with E-state index >= 15 is 0 Å². The molecular formula is C16H19NS2. The molecule has 0 bridgehead atoms. The summed E-state index contributed by atoms with van der Waals surface area (Å²) in [6.07, 6.45) is 2.35. The van der Waals surface area contributed by atoms with E-state index in [0.29, 0.717) is 5.25 Å². The Kier molecular flexibility index (Phi) is 4.26. The molecule has 2 aromatic rings. The molecule has 0 spiro atoms. The van der Waals surface area contributed by atoms with Crippen LogP contribution in [0.2, 0.25) is 0 Å². The highest BCUT2D eigenvalue weighted by Crippen LogP contribution is 2.36. The Morgan fingerprint density at radius 3 is 3.00 bits per heavy atom. The zero-order valence-corrected chi connectivity index (χ0v) is 12.8. The van der Waals surface area contributed by atoms with E-state index in [9.17, 15) is 0 Å². The van der Waals surface area contributed by atoms with Crippen LogP contribution in [0.3, 0.4) is 0 Å². The van der Waals surface area contributed by atoms with Crippen molar-refractivity contribution in [3.8, 4) is 0 Å². The zero-order chi connectivity index (χ0) is 13.1. The fourth-order valence-corrected chi connectivity index (χ4v) is 4.78. The maximum Gasteiger partial charge on any atom is 0.0302 e. The Morgan fingerprint density at radius 2 is 2.16 bits per heavy atom. The van der Waals surface area contributed by atoms with E-state index < -0.39 is 0 Å². The number of benzene rings is 1. The Hall–Kier alpha value is -0.770. The lowest BCUT2D eigenvalue weighted by atomic mass is 10.1. The number of thioether (sulfide) groups is 1. The van der Waals surface area contributed by atoms with E-state index in [4.69, 9.17) is 0 Å². The average molecular weight is 289 g/mol. The molecule has 100 valence electrons. The molecule has 3 heteroatoms. The van der Waals surface area contributed by atoms with Crippen molar-refractivity contribution in [2.75, 3.05) is 6.54 Å². The van der Waals surface area contributed by atoms with Crippen molar-refractivity contribution < 1.29 is 0 Å². The highest BCUT2D eigenvalue weighted by molar-refractivity contribution is 8.00. The Balaban J connectivity index is 1.50. The number of hydrogen-bond donors (Lipinski definition) is 1. The third-order valence-corrected chi connectivity index (χ3v) is 5.87. The molecule has 0 saturated heterocycles. The standard InChI is InChI=1S/C16H19NS2/c1-2-12-7-8-18-16(12)11-17-10-14-9-13-5-3-4-6-15(13)19-14/h3-8,14,17H,2,9-11H2,1H3. The molecule has 2 heterocycles. The van der Waals surface area contributed by atoms with Gasteiger partial charge in [0.25, 0.3) is 0 Å². The first kappa shape index (κ1) is 13.2. The van der Waals surface area contributed by atoms with E-state index in [1.54, 1.807) is 0 Å². The van der Waals surface area contributed by atoms with Crippen molar-refractivity contribution in [1.29, 1.82) is 0 Å². The summed E-state index contributed by atoms with van der Waals surface area (Å²) in [6, 6.07) is 11.0. The fourth-order valence-electron chi connectivity index (χ4n) is 2.55. The molecule has 0 fully saturated rings. The zero-order valence-electron chi connectivity index (χ0n) is 11.2. The summed E-state index contributed by atoms with van der Waals surface area (Å²) in [7, 11) is 0. The lowest BCUT2D eigenvalue weighted by Gasteiger charge is -2.10. The summed E-state index contributed by atoms with van der Waals surface area (Å²) in [5.74, 6) is 0. The molecule has 19 heavy (non-hydrogen) atoms. The first-order chi connectivity index (χ1) is 9.36. The Morgan fingerprint density at radius 1 is 1.26 bits per heavy atom. The van der Waals surface area contributed by atoms with Crippen LogP contribution in [0.5, 0.6) is 0 Å². The average Bonchev–Trinajstić information content (AvgIpc) is 3.04. The topological polar surface area (TPSA) is 12.0 Å². The molecule has 1 aromatic heterocycles. The quantitative estimate of drug-likeness (QED) is 0.888. The van der Waals surface area contributed by atoms with Crippen LogP contribution >= 0.6 is 23.1 Å². The van der Waals surface area contributed by atoms with E-state index in [-0.39, 0.29) is 0 Å². The third-order valence-electron chi connectivity index (χ3n) is 3.59. The molecule has 0 saturated carbocycles. The summed E-state index contributed by atoms with van der Waals surface area (Å²) in [5.41, 5.74) is 3.02. The number of rotatable bonds is 5. The number of thiophene rings is 1. The van der Waals surface area contributed by atoms with Crippen LogP contribution in [0.4, 0.5) is 0 Å². The molecule has 0 amide bonds. The normalized spacial score (nSPS) is 17.6. The molecule has 0 radical (unpaired) electrons. The SMILES string of the molecule is CCc1ccsc1CNCC1Cc2ccccc2S1. The number of aryl methyl sites for hydroxylation is 1. The second-order valence-corrected chi connectivity index (χ2v) is 7.25. The predicted molar refractivity (Wildman–Crippen MR) is 85.2 cm³/mol. The maximum atomic E-state index is 3.63. The molecule has 1 aromatic carbocycles. The van der Waals surface area contributed by atoms with Gasteiger partial charge in [-0.1, -0.05) is 25.1 Å². The van der Waals surface area contributed by atoms with Crippen LogP contribution in [-0.4, -0.2) is 11.8 Å². The predicted octanol–water partition coefficient (Wildman–Crippen LogP) is 4.12. The molecule has 1 nitrogen and oxygen atoms in total. The summed E-state index contributed by atoms with van der Waals surface area (Å²) in [6.45, 7) is 4.35. The van der Waals surface area contributed by atoms with Crippen molar-refractivity contribution >= 4 is 23.1 Å². The van der Waals surface area contributed by atoms with Crippen molar-refractivity contribution in [3.05, 3.63) is 51.7 Å². The molecule has 0 aliphatic carbocycles. The molecule has 3 rings (SSSR count). The third kappa shape index (κ3) is 3.04. The minimum Gasteiger partial charge on any atom is -0.311 e. The van der Waals surface area contributed by atoms with Crippen LogP contribution < -0.4 is 5.32 Å². The summed E-state index contributed by atoms with van der Waals surface area (Å²) < 4.78 is 0. The first-order valence-corrected chi connectivity index (χ1v) is 8.63. The van der Waals surface area contributed by atoms with Crippen molar-refractivity contribution in [2.24, 2.45) is 0 Å². The van der Waals surface area contributed by atoms with Crippen LogP contribution in [0, 0.1) is 0 Å². The molecule has 1 aliphatic heterocycles. The van der Waals surface area contributed by atoms with Gasteiger partial charge in [0, 0.05) is 28.1 Å². The van der Waals surface area contributed by atoms with Gasteiger partial charge in [0.15, 0.2) is 0 Å². The van der Waals surface area contributed by atoms with Gasteiger partial charge in [-0.15, -0.1) is 23.1 Å². The number of fused-ring (bicyclic) bond motifs is 1. The first-order valence-electron chi connectivity index (χ1n) is 6.87. The van der Waals surface area contributed by atoms with Gasteiger partial charge >= 0.3 is 0 Å². The fraction of sp³-hybridized carbons (Fsp3) is 0.375. The Labute approximate surface area is 123 Å². The highest BCUT2D eigenvalue weighted by Gasteiger charge is 2.21. The molecular weight excluding hydrogens is 270 g/mol. The van der Waals surface area contributed by atoms with E-state index in [1.807, 2.05) is 23.1 Å². The largest absolute Gasteiger partial charge is 0.311 e. The van der Waals surface area contributed by atoms with Gasteiger partial charge in [-0.3, -0.25) is 0 Å². The van der Waals surface area contributed by atoms with Crippen LogP contribution in [0.25, 0.3) is 0 Å². The minimum absolute atomic E-state index is 0.697. The van der Waals surface area contributed by atoms with Crippen LogP contribution in [-0.2, 0) is 19.4 Å². The molecule has 1 unspecified atom stereocenters. The maximum absolute atomic E-state index is 3.63. The van der Waals surface area contributed by atoms with Crippen molar-refractivity contribution in [1.82, 2.24) is 5.32 Å². The highest BCUT2D eigenvalue weighted by atomic mass is 32.2. The van der Waals surface area contributed by atoms with E-state index in [1.165, 1.54) is 27.3 Å². The Bertz CT molecular complexity index is 522. The summed E-state index contributed by atoms with van der Waals surface area (Å²) >= 11 is 3.90. The molecule has 1 aliphatic rings. The van der Waals surface area contributed by atoms with Gasteiger partial charge in [-0.05, 0) is 41.5 Å². The smallest absolute Gasteiger partial charge is 0.0302 e. The van der Waals surface area contributed by atoms with Crippen molar-refractivity contribution in [3.63, 3.8) is 0 Å². The van der Waals surface area contributed by atoms with Gasteiger partial charge in [0.05, 0.1) is 0 Å². The monoisotopic (exact) mass is 289 g/mol. The van der Waals surface area contributed by atoms with Gasteiger partial charge in [0.2, 0.25) is 0 Å². The lowest BCUT2D eigenvalue weighted by molar-refractivity contribution is 0.668. The minimum atomic E-state index is 0.697. The van der Waals surface area contributed by atoms with Crippen molar-refractivity contribution in [2.45, 2.75) is 36.5 Å². The summed E-state index contributed by atoms with van der Waals surface area (Å²) in [5, 5.41) is 6.53. The van der Waals surface area contributed by atoms with Gasteiger partial charge in [-0.25, -0.2) is 0 Å². The number of nitrogens with one attached hydrogen (secondary N) is 1. The van der Waals surface area contributed by atoms with Gasteiger partial charge < -0.3 is 5.32 Å². The second-order valence-electron chi connectivity index (χ2n) is 4.91. The lowest BCUT2D eigenvalue weighted by Crippen LogP contribution is -2.23. The second kappa shape index (κ2) is 6.12. The molecule has 1 atom stereocenters. The summed E-state index contributed by atoms with van der Waals surface area (Å²) in [4.78, 5) is 2.97. The van der Waals surface area contributed by atoms with Gasteiger partial charge in [-0.2, -0.15) is 0 Å². The van der Waals surface area contributed by atoms with Gasteiger partial charge in [0.1, 0.15) is 0 Å². The van der Waals surface area contributed by atoms with E-state index in [0.717, 1.165) is 19.5 Å². The number of hydrogen-bond acceptors (Lipinski definition) is 3. The van der Waals surface area contributed by atoms with Crippen LogP contribution in [0.1, 0.15) is 22.9 Å².